The van der Waals surface area contributed by atoms with Crippen molar-refractivity contribution in [2.45, 2.75) is 38.2 Å². The monoisotopic (exact) mass is 238 g/mol. The number of hydrogen-bond donors (Lipinski definition) is 1. The Morgan fingerprint density at radius 1 is 1.24 bits per heavy atom. The quantitative estimate of drug-likeness (QED) is 0.810. The van der Waals surface area contributed by atoms with E-state index in [0.717, 1.165) is 31.8 Å². The maximum Gasteiger partial charge on any atom is 0.0644 e. The SMILES string of the molecule is C=CN1CCC(CN2CCC(C)(O)CC2)CC1. The molecule has 2 fully saturated rings. The third-order valence-corrected chi connectivity index (χ3v) is 4.36. The fourth-order valence-electron chi connectivity index (χ4n) is 2.90. The van der Waals surface area contributed by atoms with Gasteiger partial charge in [0.1, 0.15) is 0 Å². The predicted molar refractivity (Wildman–Crippen MR) is 70.8 cm³/mol. The number of hydrogen-bond acceptors (Lipinski definition) is 3. The van der Waals surface area contributed by atoms with Gasteiger partial charge < -0.3 is 14.9 Å². The lowest BCUT2D eigenvalue weighted by atomic mass is 9.91. The molecule has 0 aromatic carbocycles. The average Bonchev–Trinajstić information content (AvgIpc) is 2.33. The van der Waals surface area contributed by atoms with E-state index in [-0.39, 0.29) is 0 Å². The molecule has 3 nitrogen and oxygen atoms in total. The molecule has 98 valence electrons. The first-order valence-corrected chi connectivity index (χ1v) is 6.90. The highest BCUT2D eigenvalue weighted by atomic mass is 16.3. The molecule has 0 spiro atoms. The normalized spacial score (nSPS) is 27.1. The number of likely N-dealkylation sites (tertiary alicyclic amines) is 2. The van der Waals surface area contributed by atoms with E-state index < -0.39 is 5.60 Å². The summed E-state index contributed by atoms with van der Waals surface area (Å²) in [5.41, 5.74) is -0.414. The Labute approximate surface area is 105 Å². The summed E-state index contributed by atoms with van der Waals surface area (Å²) in [5.74, 6) is 0.842. The molecule has 0 aromatic rings. The Morgan fingerprint density at radius 2 is 1.82 bits per heavy atom. The van der Waals surface area contributed by atoms with Gasteiger partial charge in [0, 0.05) is 32.7 Å². The Bertz CT molecular complexity index is 247. The van der Waals surface area contributed by atoms with Gasteiger partial charge in [-0.2, -0.15) is 0 Å². The molecule has 0 radical (unpaired) electrons. The van der Waals surface area contributed by atoms with Crippen LogP contribution in [0.15, 0.2) is 12.8 Å². The molecule has 2 aliphatic heterocycles. The van der Waals surface area contributed by atoms with Gasteiger partial charge in [-0.15, -0.1) is 0 Å². The lowest BCUT2D eigenvalue weighted by Gasteiger charge is -2.39. The molecule has 0 aromatic heterocycles. The summed E-state index contributed by atoms with van der Waals surface area (Å²) in [4.78, 5) is 4.85. The van der Waals surface area contributed by atoms with Crippen LogP contribution in [0.1, 0.15) is 32.6 Å². The fourth-order valence-corrected chi connectivity index (χ4v) is 2.90. The minimum absolute atomic E-state index is 0.414. The maximum absolute atomic E-state index is 9.92. The fraction of sp³-hybridized carbons (Fsp3) is 0.857. The second kappa shape index (κ2) is 5.40. The van der Waals surface area contributed by atoms with Crippen LogP contribution in [-0.2, 0) is 0 Å². The predicted octanol–water partition coefficient (Wildman–Crippen LogP) is 1.69. The first-order valence-electron chi connectivity index (χ1n) is 6.90. The highest BCUT2D eigenvalue weighted by Crippen LogP contribution is 2.24. The van der Waals surface area contributed by atoms with Crippen LogP contribution >= 0.6 is 0 Å². The molecule has 17 heavy (non-hydrogen) atoms. The summed E-state index contributed by atoms with van der Waals surface area (Å²) in [6.07, 6.45) is 6.41. The van der Waals surface area contributed by atoms with Gasteiger partial charge in [0.2, 0.25) is 0 Å². The summed E-state index contributed by atoms with van der Waals surface area (Å²) in [5, 5.41) is 9.92. The van der Waals surface area contributed by atoms with Crippen molar-refractivity contribution in [3.63, 3.8) is 0 Å². The van der Waals surface area contributed by atoms with Crippen LogP contribution in [0, 0.1) is 5.92 Å². The van der Waals surface area contributed by atoms with Gasteiger partial charge in [-0.05, 0) is 44.7 Å². The van der Waals surface area contributed by atoms with Crippen molar-refractivity contribution < 1.29 is 5.11 Å². The van der Waals surface area contributed by atoms with Crippen LogP contribution in [0.5, 0.6) is 0 Å². The minimum atomic E-state index is -0.414. The van der Waals surface area contributed by atoms with Crippen molar-refractivity contribution in [1.82, 2.24) is 9.80 Å². The van der Waals surface area contributed by atoms with E-state index in [0.29, 0.717) is 0 Å². The van der Waals surface area contributed by atoms with Gasteiger partial charge in [0.15, 0.2) is 0 Å². The van der Waals surface area contributed by atoms with Crippen molar-refractivity contribution in [3.8, 4) is 0 Å². The van der Waals surface area contributed by atoms with E-state index in [4.69, 9.17) is 0 Å². The Hall–Kier alpha value is -0.540. The van der Waals surface area contributed by atoms with Crippen LogP contribution in [0.3, 0.4) is 0 Å². The maximum atomic E-state index is 9.92. The highest BCUT2D eigenvalue weighted by molar-refractivity contribution is 4.84. The zero-order chi connectivity index (χ0) is 12.3. The minimum Gasteiger partial charge on any atom is -0.390 e. The van der Waals surface area contributed by atoms with E-state index in [1.165, 1.54) is 32.5 Å². The first-order chi connectivity index (χ1) is 8.09. The number of rotatable bonds is 3. The van der Waals surface area contributed by atoms with Gasteiger partial charge in [-0.1, -0.05) is 6.58 Å². The van der Waals surface area contributed by atoms with Crippen molar-refractivity contribution in [2.75, 3.05) is 32.7 Å². The summed E-state index contributed by atoms with van der Waals surface area (Å²) in [6, 6.07) is 0. The Morgan fingerprint density at radius 3 is 2.35 bits per heavy atom. The molecule has 2 rings (SSSR count). The molecule has 2 saturated heterocycles. The topological polar surface area (TPSA) is 26.7 Å². The second-order valence-corrected chi connectivity index (χ2v) is 5.96. The van der Waals surface area contributed by atoms with E-state index in [2.05, 4.69) is 16.4 Å². The number of piperidine rings is 2. The van der Waals surface area contributed by atoms with Gasteiger partial charge in [-0.25, -0.2) is 0 Å². The van der Waals surface area contributed by atoms with E-state index in [1.54, 1.807) is 0 Å². The van der Waals surface area contributed by atoms with Gasteiger partial charge in [0.25, 0.3) is 0 Å². The van der Waals surface area contributed by atoms with Crippen LogP contribution in [-0.4, -0.2) is 53.2 Å². The van der Waals surface area contributed by atoms with Crippen LogP contribution < -0.4 is 0 Å². The molecule has 0 unspecified atom stereocenters. The van der Waals surface area contributed by atoms with Crippen LogP contribution in [0.25, 0.3) is 0 Å². The molecule has 0 saturated carbocycles. The van der Waals surface area contributed by atoms with Crippen molar-refractivity contribution in [2.24, 2.45) is 5.92 Å². The second-order valence-electron chi connectivity index (χ2n) is 5.96. The summed E-state index contributed by atoms with van der Waals surface area (Å²) in [6.45, 7) is 11.5. The third-order valence-electron chi connectivity index (χ3n) is 4.36. The van der Waals surface area contributed by atoms with Crippen molar-refractivity contribution in [1.29, 1.82) is 0 Å². The largest absolute Gasteiger partial charge is 0.390 e. The summed E-state index contributed by atoms with van der Waals surface area (Å²) in [7, 11) is 0. The smallest absolute Gasteiger partial charge is 0.0644 e. The molecular weight excluding hydrogens is 212 g/mol. The van der Waals surface area contributed by atoms with Crippen molar-refractivity contribution >= 4 is 0 Å². The first kappa shape index (κ1) is 12.9. The number of nitrogens with zero attached hydrogens (tertiary/aromatic N) is 2. The lowest BCUT2D eigenvalue weighted by Crippen LogP contribution is -2.45. The van der Waals surface area contributed by atoms with E-state index in [9.17, 15) is 5.11 Å². The molecule has 0 amide bonds. The zero-order valence-electron chi connectivity index (χ0n) is 11.1. The average molecular weight is 238 g/mol. The molecule has 3 heteroatoms. The Balaban J connectivity index is 1.70. The third kappa shape index (κ3) is 3.71. The van der Waals surface area contributed by atoms with Gasteiger partial charge >= 0.3 is 0 Å². The Kier molecular flexibility index (Phi) is 4.10. The van der Waals surface area contributed by atoms with E-state index >= 15 is 0 Å². The molecule has 0 aliphatic carbocycles. The van der Waals surface area contributed by atoms with Crippen LogP contribution in [0.4, 0.5) is 0 Å². The molecule has 2 aliphatic rings. The van der Waals surface area contributed by atoms with E-state index in [1.807, 2.05) is 13.1 Å². The lowest BCUT2D eigenvalue weighted by molar-refractivity contribution is -0.0106. The number of aliphatic hydroxyl groups is 1. The standard InChI is InChI=1S/C14H26N2O/c1-3-15-8-4-13(5-9-15)12-16-10-6-14(2,17)7-11-16/h3,13,17H,1,4-12H2,2H3. The molecule has 0 atom stereocenters. The summed E-state index contributed by atoms with van der Waals surface area (Å²) >= 11 is 0. The molecule has 1 N–H and O–H groups in total. The highest BCUT2D eigenvalue weighted by Gasteiger charge is 2.28. The van der Waals surface area contributed by atoms with Crippen molar-refractivity contribution in [3.05, 3.63) is 12.8 Å². The van der Waals surface area contributed by atoms with Gasteiger partial charge in [-0.3, -0.25) is 0 Å². The van der Waals surface area contributed by atoms with Gasteiger partial charge in [0.05, 0.1) is 5.60 Å². The zero-order valence-corrected chi connectivity index (χ0v) is 11.1. The molecule has 0 bridgehead atoms. The molecule has 2 heterocycles. The molecular formula is C14H26N2O. The summed E-state index contributed by atoms with van der Waals surface area (Å²) < 4.78 is 0. The van der Waals surface area contributed by atoms with Crippen LogP contribution in [0.2, 0.25) is 0 Å².